The summed E-state index contributed by atoms with van der Waals surface area (Å²) in [7, 11) is 0. The molecule has 0 radical (unpaired) electrons. The van der Waals surface area contributed by atoms with Crippen molar-refractivity contribution in [3.05, 3.63) is 29.8 Å². The van der Waals surface area contributed by atoms with E-state index in [4.69, 9.17) is 4.74 Å². The first-order valence-electron chi connectivity index (χ1n) is 7.88. The summed E-state index contributed by atoms with van der Waals surface area (Å²) in [4.78, 5) is 12.4. The van der Waals surface area contributed by atoms with Gasteiger partial charge in [-0.05, 0) is 42.9 Å². The molecular formula is C18H29NO2. The third kappa shape index (κ3) is 5.41. The Balaban J connectivity index is 2.73. The van der Waals surface area contributed by atoms with E-state index in [9.17, 15) is 4.79 Å². The molecule has 0 saturated carbocycles. The molecule has 0 aliphatic heterocycles. The molecule has 3 heteroatoms. The van der Waals surface area contributed by atoms with Crippen LogP contribution in [0.2, 0.25) is 0 Å². The Morgan fingerprint density at radius 3 is 2.29 bits per heavy atom. The molecule has 0 spiro atoms. The van der Waals surface area contributed by atoms with Crippen molar-refractivity contribution in [3.8, 4) is 5.75 Å². The van der Waals surface area contributed by atoms with E-state index in [2.05, 4.69) is 33.0 Å². The van der Waals surface area contributed by atoms with Crippen LogP contribution in [0.4, 0.5) is 0 Å². The minimum Gasteiger partial charge on any atom is -0.481 e. The molecule has 118 valence electrons. The summed E-state index contributed by atoms with van der Waals surface area (Å²) in [6.45, 7) is 12.5. The Morgan fingerprint density at radius 1 is 1.19 bits per heavy atom. The van der Waals surface area contributed by atoms with Crippen LogP contribution in [0, 0.1) is 18.8 Å². The second kappa shape index (κ2) is 8.06. The monoisotopic (exact) mass is 291 g/mol. The Morgan fingerprint density at radius 2 is 1.81 bits per heavy atom. The zero-order chi connectivity index (χ0) is 16.0. The van der Waals surface area contributed by atoms with Gasteiger partial charge in [-0.2, -0.15) is 0 Å². The van der Waals surface area contributed by atoms with Crippen LogP contribution in [0.1, 0.15) is 46.6 Å². The number of amides is 1. The summed E-state index contributed by atoms with van der Waals surface area (Å²) in [5.74, 6) is 1.55. The fraction of sp³-hybridized carbons (Fsp3) is 0.611. The average Bonchev–Trinajstić information content (AvgIpc) is 2.41. The number of rotatable bonds is 7. The predicted molar refractivity (Wildman–Crippen MR) is 87.5 cm³/mol. The summed E-state index contributed by atoms with van der Waals surface area (Å²) < 4.78 is 5.85. The molecule has 1 aromatic rings. The van der Waals surface area contributed by atoms with E-state index < -0.39 is 6.10 Å². The number of ether oxygens (including phenoxy) is 1. The van der Waals surface area contributed by atoms with E-state index in [1.165, 1.54) is 0 Å². The highest BCUT2D eigenvalue weighted by Gasteiger charge is 2.25. The van der Waals surface area contributed by atoms with Gasteiger partial charge in [-0.3, -0.25) is 4.79 Å². The van der Waals surface area contributed by atoms with Crippen molar-refractivity contribution in [1.82, 2.24) is 5.32 Å². The number of aryl methyl sites for hydroxylation is 1. The van der Waals surface area contributed by atoms with Crippen molar-refractivity contribution in [2.45, 2.75) is 60.1 Å². The Bertz CT molecular complexity index is 446. The topological polar surface area (TPSA) is 38.3 Å². The van der Waals surface area contributed by atoms with Gasteiger partial charge < -0.3 is 10.1 Å². The fourth-order valence-corrected chi connectivity index (χ4v) is 2.54. The van der Waals surface area contributed by atoms with Gasteiger partial charge in [0.05, 0.1) is 0 Å². The maximum absolute atomic E-state index is 12.4. The summed E-state index contributed by atoms with van der Waals surface area (Å²) in [6.07, 6.45) is 0.217. The highest BCUT2D eigenvalue weighted by Crippen LogP contribution is 2.17. The van der Waals surface area contributed by atoms with Gasteiger partial charge in [-0.15, -0.1) is 0 Å². The van der Waals surface area contributed by atoms with Gasteiger partial charge in [-0.25, -0.2) is 0 Å². The molecule has 0 aliphatic rings. The van der Waals surface area contributed by atoms with Gasteiger partial charge in [0.15, 0.2) is 6.10 Å². The quantitative estimate of drug-likeness (QED) is 0.826. The number of hydrogen-bond donors (Lipinski definition) is 1. The van der Waals surface area contributed by atoms with Gasteiger partial charge in [0.2, 0.25) is 0 Å². The first-order valence-corrected chi connectivity index (χ1v) is 7.88. The molecule has 0 unspecified atom stereocenters. The second-order valence-corrected chi connectivity index (χ2v) is 6.35. The molecule has 3 nitrogen and oxygen atoms in total. The summed E-state index contributed by atoms with van der Waals surface area (Å²) >= 11 is 0. The molecule has 0 aromatic heterocycles. The van der Waals surface area contributed by atoms with Crippen LogP contribution in [0.5, 0.6) is 5.75 Å². The molecule has 0 heterocycles. The smallest absolute Gasteiger partial charge is 0.261 e. The minimum absolute atomic E-state index is 0.0218. The molecule has 21 heavy (non-hydrogen) atoms. The van der Waals surface area contributed by atoms with Crippen molar-refractivity contribution in [2.24, 2.45) is 11.8 Å². The summed E-state index contributed by atoms with van der Waals surface area (Å²) in [5, 5.41) is 3.14. The van der Waals surface area contributed by atoms with E-state index >= 15 is 0 Å². The molecule has 1 atom stereocenters. The lowest BCUT2D eigenvalue weighted by molar-refractivity contribution is -0.129. The molecule has 1 N–H and O–H groups in total. The maximum atomic E-state index is 12.4. The highest BCUT2D eigenvalue weighted by molar-refractivity contribution is 5.81. The third-order valence-electron chi connectivity index (χ3n) is 3.68. The Hall–Kier alpha value is -1.51. The molecule has 0 saturated heterocycles. The number of hydrogen-bond acceptors (Lipinski definition) is 2. The zero-order valence-electron chi connectivity index (χ0n) is 14.1. The Labute approximate surface area is 129 Å². The van der Waals surface area contributed by atoms with Crippen LogP contribution in [0.3, 0.4) is 0 Å². The summed E-state index contributed by atoms with van der Waals surface area (Å²) in [5.41, 5.74) is 1.13. The lowest BCUT2D eigenvalue weighted by Gasteiger charge is -2.28. The number of nitrogens with one attached hydrogen (secondary N) is 1. The number of carbonyl (C=O) groups is 1. The molecule has 0 aliphatic carbocycles. The van der Waals surface area contributed by atoms with Crippen LogP contribution >= 0.6 is 0 Å². The van der Waals surface area contributed by atoms with Gasteiger partial charge in [0, 0.05) is 6.04 Å². The molecule has 1 amide bonds. The van der Waals surface area contributed by atoms with Crippen molar-refractivity contribution in [2.75, 3.05) is 0 Å². The predicted octanol–water partition coefficient (Wildman–Crippen LogP) is 3.95. The van der Waals surface area contributed by atoms with E-state index in [-0.39, 0.29) is 11.9 Å². The molecular weight excluding hydrogens is 262 g/mol. The third-order valence-corrected chi connectivity index (χ3v) is 3.68. The van der Waals surface area contributed by atoms with Crippen molar-refractivity contribution in [3.63, 3.8) is 0 Å². The van der Waals surface area contributed by atoms with Crippen LogP contribution in [0.15, 0.2) is 24.3 Å². The zero-order valence-corrected chi connectivity index (χ0v) is 14.1. The van der Waals surface area contributed by atoms with Crippen LogP contribution < -0.4 is 10.1 Å². The first-order chi connectivity index (χ1) is 9.85. The van der Waals surface area contributed by atoms with Crippen LogP contribution in [0.25, 0.3) is 0 Å². The second-order valence-electron chi connectivity index (χ2n) is 6.35. The Kier molecular flexibility index (Phi) is 6.73. The average molecular weight is 291 g/mol. The fourth-order valence-electron chi connectivity index (χ4n) is 2.54. The van der Waals surface area contributed by atoms with E-state index in [0.717, 1.165) is 11.3 Å². The van der Waals surface area contributed by atoms with Crippen molar-refractivity contribution < 1.29 is 9.53 Å². The van der Waals surface area contributed by atoms with E-state index in [1.807, 2.05) is 38.1 Å². The molecule has 1 aromatic carbocycles. The summed E-state index contributed by atoms with van der Waals surface area (Å²) in [6, 6.07) is 7.98. The minimum atomic E-state index is -0.438. The SMILES string of the molecule is CC[C@H](Oc1cccc(C)c1)C(=O)NC(C(C)C)C(C)C. The van der Waals surface area contributed by atoms with Gasteiger partial charge in [0.25, 0.3) is 5.91 Å². The number of carbonyl (C=O) groups excluding carboxylic acids is 1. The highest BCUT2D eigenvalue weighted by atomic mass is 16.5. The van der Waals surface area contributed by atoms with Gasteiger partial charge in [-0.1, -0.05) is 46.8 Å². The van der Waals surface area contributed by atoms with E-state index in [0.29, 0.717) is 18.3 Å². The lowest BCUT2D eigenvalue weighted by Crippen LogP contribution is -2.48. The van der Waals surface area contributed by atoms with Crippen molar-refractivity contribution in [1.29, 1.82) is 0 Å². The normalized spacial score (nSPS) is 12.8. The van der Waals surface area contributed by atoms with Gasteiger partial charge >= 0.3 is 0 Å². The largest absolute Gasteiger partial charge is 0.481 e. The molecule has 1 rings (SSSR count). The van der Waals surface area contributed by atoms with Crippen LogP contribution in [-0.2, 0) is 4.79 Å². The molecule has 0 fully saturated rings. The lowest BCUT2D eigenvalue weighted by atomic mass is 9.93. The van der Waals surface area contributed by atoms with Crippen LogP contribution in [-0.4, -0.2) is 18.1 Å². The maximum Gasteiger partial charge on any atom is 0.261 e. The van der Waals surface area contributed by atoms with Gasteiger partial charge in [0.1, 0.15) is 5.75 Å². The standard InChI is InChI=1S/C18H29NO2/c1-7-16(21-15-10-8-9-14(6)11-15)18(20)19-17(12(2)3)13(4)5/h8-13,16-17H,7H2,1-6H3,(H,19,20)/t16-/m0/s1. The first kappa shape index (κ1) is 17.5. The van der Waals surface area contributed by atoms with Crippen molar-refractivity contribution >= 4 is 5.91 Å². The van der Waals surface area contributed by atoms with E-state index in [1.54, 1.807) is 0 Å². The molecule has 0 bridgehead atoms. The number of benzene rings is 1.